The lowest BCUT2D eigenvalue weighted by Gasteiger charge is -2.15. The SMILES string of the molecule is CCc1ccc(C(C)CO)cc1C(F)(F)F. The number of aryl methyl sites for hydroxylation is 1. The molecule has 1 nitrogen and oxygen atoms in total. The highest BCUT2D eigenvalue weighted by Gasteiger charge is 2.33. The molecule has 16 heavy (non-hydrogen) atoms. The average molecular weight is 232 g/mol. The van der Waals surface area contributed by atoms with Crippen LogP contribution in [0.1, 0.15) is 36.5 Å². The number of aliphatic hydroxyl groups is 1. The Kier molecular flexibility index (Phi) is 3.97. The normalized spacial score (nSPS) is 13.9. The summed E-state index contributed by atoms with van der Waals surface area (Å²) in [4.78, 5) is 0. The molecule has 4 heteroatoms. The van der Waals surface area contributed by atoms with Gasteiger partial charge in [-0.3, -0.25) is 0 Å². The quantitative estimate of drug-likeness (QED) is 0.847. The van der Waals surface area contributed by atoms with Gasteiger partial charge < -0.3 is 5.11 Å². The highest BCUT2D eigenvalue weighted by Crippen LogP contribution is 2.34. The van der Waals surface area contributed by atoms with E-state index in [1.807, 2.05) is 0 Å². The molecule has 0 aromatic heterocycles. The number of hydrogen-bond acceptors (Lipinski definition) is 1. The van der Waals surface area contributed by atoms with Crippen molar-refractivity contribution in [1.82, 2.24) is 0 Å². The minimum atomic E-state index is -4.32. The van der Waals surface area contributed by atoms with Crippen LogP contribution in [0, 0.1) is 0 Å². The van der Waals surface area contributed by atoms with Crippen LogP contribution in [0.2, 0.25) is 0 Å². The standard InChI is InChI=1S/C12H15F3O/c1-3-9-4-5-10(8(2)7-16)6-11(9)12(13,14)15/h4-6,8,16H,3,7H2,1-2H3. The molecule has 0 heterocycles. The van der Waals surface area contributed by atoms with Crippen molar-refractivity contribution in [3.63, 3.8) is 0 Å². The lowest BCUT2D eigenvalue weighted by molar-refractivity contribution is -0.138. The zero-order valence-electron chi connectivity index (χ0n) is 9.30. The highest BCUT2D eigenvalue weighted by atomic mass is 19.4. The van der Waals surface area contributed by atoms with E-state index >= 15 is 0 Å². The first kappa shape index (κ1) is 13.0. The molecule has 1 atom stereocenters. The Morgan fingerprint density at radius 1 is 1.31 bits per heavy atom. The maximum Gasteiger partial charge on any atom is 0.416 e. The summed E-state index contributed by atoms with van der Waals surface area (Å²) >= 11 is 0. The third-order valence-corrected chi connectivity index (χ3v) is 2.66. The van der Waals surface area contributed by atoms with Gasteiger partial charge in [0.2, 0.25) is 0 Å². The fourth-order valence-electron chi connectivity index (χ4n) is 1.58. The van der Waals surface area contributed by atoms with Crippen molar-refractivity contribution in [2.24, 2.45) is 0 Å². The Morgan fingerprint density at radius 3 is 2.38 bits per heavy atom. The van der Waals surface area contributed by atoms with Crippen LogP contribution < -0.4 is 0 Å². The van der Waals surface area contributed by atoms with Gasteiger partial charge in [-0.15, -0.1) is 0 Å². The molecular formula is C12H15F3O. The monoisotopic (exact) mass is 232 g/mol. The van der Waals surface area contributed by atoms with Crippen molar-refractivity contribution >= 4 is 0 Å². The van der Waals surface area contributed by atoms with Gasteiger partial charge >= 0.3 is 6.18 Å². The predicted molar refractivity (Wildman–Crippen MR) is 56.3 cm³/mol. The Hall–Kier alpha value is -1.03. The van der Waals surface area contributed by atoms with E-state index in [1.165, 1.54) is 6.07 Å². The van der Waals surface area contributed by atoms with Crippen molar-refractivity contribution in [2.45, 2.75) is 32.4 Å². The van der Waals surface area contributed by atoms with E-state index in [4.69, 9.17) is 5.11 Å². The molecule has 0 spiro atoms. The van der Waals surface area contributed by atoms with Crippen molar-refractivity contribution in [1.29, 1.82) is 0 Å². The Morgan fingerprint density at radius 2 is 1.94 bits per heavy atom. The van der Waals surface area contributed by atoms with Crippen LogP contribution in [0.25, 0.3) is 0 Å². The molecule has 1 rings (SSSR count). The molecule has 0 amide bonds. The number of hydrogen-bond donors (Lipinski definition) is 1. The van der Waals surface area contributed by atoms with E-state index in [0.29, 0.717) is 17.5 Å². The summed E-state index contributed by atoms with van der Waals surface area (Å²) in [6.07, 6.45) is -3.97. The number of rotatable bonds is 3. The predicted octanol–water partition coefficient (Wildman–Crippen LogP) is 3.36. The Bertz CT molecular complexity index is 358. The maximum atomic E-state index is 12.7. The van der Waals surface area contributed by atoms with E-state index < -0.39 is 11.7 Å². The van der Waals surface area contributed by atoms with Gasteiger partial charge in [-0.2, -0.15) is 13.2 Å². The summed E-state index contributed by atoms with van der Waals surface area (Å²) in [5.74, 6) is -0.271. The number of halogens is 3. The molecule has 1 unspecified atom stereocenters. The second kappa shape index (κ2) is 4.87. The summed E-state index contributed by atoms with van der Waals surface area (Å²) in [7, 11) is 0. The minimum Gasteiger partial charge on any atom is -0.396 e. The van der Waals surface area contributed by atoms with Gasteiger partial charge in [0.1, 0.15) is 0 Å². The summed E-state index contributed by atoms with van der Waals surface area (Å²) in [6.45, 7) is 3.24. The van der Waals surface area contributed by atoms with Crippen molar-refractivity contribution in [2.75, 3.05) is 6.61 Å². The second-order valence-corrected chi connectivity index (χ2v) is 3.85. The summed E-state index contributed by atoms with van der Waals surface area (Å²) in [5, 5.41) is 8.93. The molecule has 1 aromatic rings. The Balaban J connectivity index is 3.22. The first-order valence-corrected chi connectivity index (χ1v) is 5.21. The van der Waals surface area contributed by atoms with Gasteiger partial charge in [0.25, 0.3) is 0 Å². The largest absolute Gasteiger partial charge is 0.416 e. The molecular weight excluding hydrogens is 217 g/mol. The van der Waals surface area contributed by atoms with Crippen LogP contribution >= 0.6 is 0 Å². The lowest BCUT2D eigenvalue weighted by atomic mass is 9.95. The van der Waals surface area contributed by atoms with Gasteiger partial charge in [-0.1, -0.05) is 26.0 Å². The zero-order chi connectivity index (χ0) is 12.3. The molecule has 90 valence electrons. The molecule has 0 radical (unpaired) electrons. The third kappa shape index (κ3) is 2.76. The van der Waals surface area contributed by atoms with E-state index in [-0.39, 0.29) is 12.5 Å². The molecule has 0 fully saturated rings. The first-order valence-electron chi connectivity index (χ1n) is 5.21. The van der Waals surface area contributed by atoms with Crippen LogP contribution in [-0.4, -0.2) is 11.7 Å². The first-order chi connectivity index (χ1) is 7.40. The number of aliphatic hydroxyl groups excluding tert-OH is 1. The minimum absolute atomic E-state index is 0.150. The summed E-state index contributed by atoms with van der Waals surface area (Å²) in [6, 6.07) is 4.28. The van der Waals surface area contributed by atoms with Gasteiger partial charge in [-0.25, -0.2) is 0 Å². The topological polar surface area (TPSA) is 20.2 Å². The highest BCUT2D eigenvalue weighted by molar-refractivity contribution is 5.35. The van der Waals surface area contributed by atoms with E-state index in [1.54, 1.807) is 19.9 Å². The van der Waals surface area contributed by atoms with Crippen LogP contribution in [0.4, 0.5) is 13.2 Å². The van der Waals surface area contributed by atoms with Crippen LogP contribution in [0.3, 0.4) is 0 Å². The number of alkyl halides is 3. The molecule has 1 aromatic carbocycles. The molecule has 1 N–H and O–H groups in total. The average Bonchev–Trinajstić information content (AvgIpc) is 2.26. The molecule has 0 bridgehead atoms. The van der Waals surface area contributed by atoms with Crippen molar-refractivity contribution < 1.29 is 18.3 Å². The van der Waals surface area contributed by atoms with Crippen LogP contribution in [0.5, 0.6) is 0 Å². The van der Waals surface area contributed by atoms with E-state index in [0.717, 1.165) is 6.07 Å². The number of benzene rings is 1. The zero-order valence-corrected chi connectivity index (χ0v) is 9.30. The van der Waals surface area contributed by atoms with E-state index in [2.05, 4.69) is 0 Å². The third-order valence-electron chi connectivity index (χ3n) is 2.66. The molecule has 0 aliphatic carbocycles. The fourth-order valence-corrected chi connectivity index (χ4v) is 1.58. The smallest absolute Gasteiger partial charge is 0.396 e. The maximum absolute atomic E-state index is 12.7. The van der Waals surface area contributed by atoms with Gasteiger partial charge in [0.05, 0.1) is 5.56 Å². The molecule has 0 saturated heterocycles. The molecule has 0 aliphatic heterocycles. The van der Waals surface area contributed by atoms with Crippen LogP contribution in [-0.2, 0) is 12.6 Å². The van der Waals surface area contributed by atoms with Crippen LogP contribution in [0.15, 0.2) is 18.2 Å². The second-order valence-electron chi connectivity index (χ2n) is 3.85. The summed E-state index contributed by atoms with van der Waals surface area (Å²) < 4.78 is 38.2. The van der Waals surface area contributed by atoms with Crippen molar-refractivity contribution in [3.8, 4) is 0 Å². The molecule has 0 saturated carbocycles. The fraction of sp³-hybridized carbons (Fsp3) is 0.500. The van der Waals surface area contributed by atoms with E-state index in [9.17, 15) is 13.2 Å². The van der Waals surface area contributed by atoms with Gasteiger partial charge in [0, 0.05) is 12.5 Å². The Labute approximate surface area is 92.9 Å². The van der Waals surface area contributed by atoms with Gasteiger partial charge in [-0.05, 0) is 23.6 Å². The van der Waals surface area contributed by atoms with Gasteiger partial charge in [0.15, 0.2) is 0 Å². The molecule has 0 aliphatic rings. The lowest BCUT2D eigenvalue weighted by Crippen LogP contribution is -2.11. The van der Waals surface area contributed by atoms with Crippen molar-refractivity contribution in [3.05, 3.63) is 34.9 Å². The summed E-state index contributed by atoms with van der Waals surface area (Å²) in [5.41, 5.74) is 0.223.